The summed E-state index contributed by atoms with van der Waals surface area (Å²) in [5.74, 6) is -2.25. The van der Waals surface area contributed by atoms with Crippen LogP contribution in [-0.4, -0.2) is 5.11 Å². The van der Waals surface area contributed by atoms with Crippen molar-refractivity contribution in [2.75, 3.05) is 0 Å². The van der Waals surface area contributed by atoms with E-state index in [4.69, 9.17) is 27.3 Å². The first-order valence-corrected chi connectivity index (χ1v) is 7.85. The van der Waals surface area contributed by atoms with Crippen LogP contribution in [0.3, 0.4) is 0 Å². The van der Waals surface area contributed by atoms with E-state index in [0.29, 0.717) is 0 Å². The smallest absolute Gasteiger partial charge is 0.508 e. The molecule has 6 heteroatoms. The van der Waals surface area contributed by atoms with Gasteiger partial charge in [0, 0.05) is 0 Å². The molecule has 0 heterocycles. The maximum atomic E-state index is 13.6. The van der Waals surface area contributed by atoms with Crippen molar-refractivity contribution in [1.82, 2.24) is 0 Å². The van der Waals surface area contributed by atoms with Gasteiger partial charge in [0.05, 0.1) is 13.7 Å². The minimum absolute atomic E-state index is 0.180. The van der Waals surface area contributed by atoms with Crippen molar-refractivity contribution >= 4 is 7.82 Å². The van der Waals surface area contributed by atoms with Gasteiger partial charge < -0.3 is 18.7 Å². The largest absolute Gasteiger partial charge is 0.647 e. The number of phosphoric ester groups is 1. The topological polar surface area (TPSA) is 65.0 Å². The maximum Gasteiger partial charge on any atom is 0.647 e. The molecular weight excluding hydrogens is 327 g/mol. The molecule has 3 aromatic rings. The van der Waals surface area contributed by atoms with Crippen molar-refractivity contribution < 1.29 is 37.0 Å². The number of phenols is 1. The van der Waals surface area contributed by atoms with Gasteiger partial charge in [-0.05, 0) is 48.4 Å². The second kappa shape index (κ2) is 7.11. The number of para-hydroxylation sites is 2. The van der Waals surface area contributed by atoms with Crippen LogP contribution < -0.4 is 13.6 Å². The summed E-state index contributed by atoms with van der Waals surface area (Å²) in [5.41, 5.74) is 0. The number of rotatable bonds is 6. The Balaban J connectivity index is 2.18. The summed E-state index contributed by atoms with van der Waals surface area (Å²) in [6.07, 6.45) is 0. The Morgan fingerprint density at radius 3 is 1.58 bits per heavy atom. The third-order valence-corrected chi connectivity index (χ3v) is 3.66. The van der Waals surface area contributed by atoms with Crippen molar-refractivity contribution in [2.45, 2.75) is 0 Å². The van der Waals surface area contributed by atoms with Gasteiger partial charge in [-0.3, -0.25) is 0 Å². The summed E-state index contributed by atoms with van der Waals surface area (Å²) < 4.78 is 107. The van der Waals surface area contributed by atoms with Crippen LogP contribution in [0.5, 0.6) is 23.0 Å². The standard InChI is InChI=1S/C18H15O5P/c19-15-11-13-18(14-12-15)23-24(20,21-16-7-3-1-4-8-16)22-17-9-5-2-6-10-17/h1-14,19H/i1D,2D,3D,4D,5D,6D,7D,8D,9D,10D. The van der Waals surface area contributed by atoms with Crippen LogP contribution in [-0.2, 0) is 4.57 Å². The summed E-state index contributed by atoms with van der Waals surface area (Å²) >= 11 is 0. The molecule has 0 aliphatic rings. The van der Waals surface area contributed by atoms with Crippen LogP contribution in [0.4, 0.5) is 0 Å². The van der Waals surface area contributed by atoms with Crippen molar-refractivity contribution in [3.63, 3.8) is 0 Å². The molecule has 1 N–H and O–H groups in total. The van der Waals surface area contributed by atoms with E-state index in [9.17, 15) is 9.67 Å². The first kappa shape index (κ1) is 7.77. The van der Waals surface area contributed by atoms with E-state index < -0.39 is 79.7 Å². The van der Waals surface area contributed by atoms with Gasteiger partial charge >= 0.3 is 7.82 Å². The molecule has 0 amide bonds. The van der Waals surface area contributed by atoms with Gasteiger partial charge in [-0.25, -0.2) is 0 Å². The van der Waals surface area contributed by atoms with Gasteiger partial charge in [0.1, 0.15) is 23.0 Å². The van der Waals surface area contributed by atoms with Gasteiger partial charge in [-0.1, -0.05) is 36.3 Å². The molecule has 0 saturated heterocycles. The fraction of sp³-hybridized carbons (Fsp3) is 0. The molecule has 0 bridgehead atoms. The van der Waals surface area contributed by atoms with Crippen molar-refractivity contribution in [1.29, 1.82) is 0 Å². The third kappa shape index (κ3) is 4.31. The van der Waals surface area contributed by atoms with Crippen molar-refractivity contribution in [2.24, 2.45) is 0 Å². The van der Waals surface area contributed by atoms with Crippen LogP contribution in [0.25, 0.3) is 0 Å². The minimum atomic E-state index is -5.13. The molecule has 5 nitrogen and oxygen atoms in total. The average molecular weight is 352 g/mol. The number of phosphoric acid groups is 1. The van der Waals surface area contributed by atoms with E-state index in [1.807, 2.05) is 0 Å². The molecule has 0 atom stereocenters. The number of benzene rings is 3. The molecule has 0 saturated carbocycles. The molecular formula is C18H15O5P. The zero-order valence-corrected chi connectivity index (χ0v) is 12.7. The Bertz CT molecular complexity index is 1200. The lowest BCUT2D eigenvalue weighted by Crippen LogP contribution is -2.07. The van der Waals surface area contributed by atoms with Crippen molar-refractivity contribution in [3.8, 4) is 23.0 Å². The molecule has 0 aromatic heterocycles. The van der Waals surface area contributed by atoms with Crippen LogP contribution >= 0.6 is 7.82 Å². The quantitative estimate of drug-likeness (QED) is 0.630. The number of hydrogen-bond donors (Lipinski definition) is 1. The predicted molar refractivity (Wildman–Crippen MR) is 90.5 cm³/mol. The molecule has 0 unspecified atom stereocenters. The SMILES string of the molecule is [2H]c1c([2H])c([2H])c(OP(=O)(Oc2ccc(O)cc2)Oc2c([2H])c([2H])c([2H])c([2H])c2[2H])c([2H])c1[2H]. The summed E-state index contributed by atoms with van der Waals surface area (Å²) in [4.78, 5) is 0. The fourth-order valence-electron chi connectivity index (χ4n) is 1.48. The number of aromatic hydroxyl groups is 1. The zero-order valence-electron chi connectivity index (χ0n) is 21.8. The monoisotopic (exact) mass is 352 g/mol. The van der Waals surface area contributed by atoms with E-state index in [-0.39, 0.29) is 11.5 Å². The first-order valence-electron chi connectivity index (χ1n) is 11.4. The molecule has 3 rings (SSSR count). The van der Waals surface area contributed by atoms with Crippen LogP contribution in [0.2, 0.25) is 0 Å². The van der Waals surface area contributed by atoms with Gasteiger partial charge in [-0.15, -0.1) is 0 Å². The molecule has 122 valence electrons. The molecule has 0 fully saturated rings. The lowest BCUT2D eigenvalue weighted by molar-refractivity contribution is 0.298. The van der Waals surface area contributed by atoms with E-state index in [1.54, 1.807) is 0 Å². The summed E-state index contributed by atoms with van der Waals surface area (Å²) in [5, 5.41) is 9.44. The average Bonchev–Trinajstić information content (AvgIpc) is 2.81. The Hall–Kier alpha value is -2.91. The highest BCUT2D eigenvalue weighted by Gasteiger charge is 2.33. The second-order valence-electron chi connectivity index (χ2n) is 4.12. The van der Waals surface area contributed by atoms with Gasteiger partial charge in [-0.2, -0.15) is 4.57 Å². The molecule has 3 aromatic carbocycles. The van der Waals surface area contributed by atoms with Gasteiger partial charge in [0.15, 0.2) is 0 Å². The fourth-order valence-corrected chi connectivity index (χ4v) is 2.61. The summed E-state index contributed by atoms with van der Waals surface area (Å²) in [7, 11) is -5.13. The van der Waals surface area contributed by atoms with E-state index >= 15 is 0 Å². The summed E-state index contributed by atoms with van der Waals surface area (Å²) in [6.45, 7) is 0. The highest BCUT2D eigenvalue weighted by atomic mass is 31.2. The molecule has 0 spiro atoms. The number of hydrogen-bond acceptors (Lipinski definition) is 5. The Kier molecular flexibility index (Phi) is 2.30. The minimum Gasteiger partial charge on any atom is -0.508 e. The van der Waals surface area contributed by atoms with E-state index in [0.717, 1.165) is 24.3 Å². The predicted octanol–water partition coefficient (Wildman–Crippen LogP) is 5.04. The lowest BCUT2D eigenvalue weighted by atomic mass is 10.3. The Labute approximate surface area is 153 Å². The lowest BCUT2D eigenvalue weighted by Gasteiger charge is -2.19. The molecule has 0 aliphatic heterocycles. The highest BCUT2D eigenvalue weighted by Crippen LogP contribution is 2.49. The third-order valence-electron chi connectivity index (χ3n) is 2.41. The van der Waals surface area contributed by atoms with Crippen LogP contribution in [0, 0.1) is 0 Å². The van der Waals surface area contributed by atoms with Crippen LogP contribution in [0.15, 0.2) is 84.7 Å². The maximum absolute atomic E-state index is 13.6. The highest BCUT2D eigenvalue weighted by molar-refractivity contribution is 7.49. The van der Waals surface area contributed by atoms with Gasteiger partial charge in [0.2, 0.25) is 0 Å². The van der Waals surface area contributed by atoms with E-state index in [1.165, 1.54) is 0 Å². The van der Waals surface area contributed by atoms with Gasteiger partial charge in [0.25, 0.3) is 0 Å². The second-order valence-corrected chi connectivity index (χ2v) is 5.57. The molecule has 0 aliphatic carbocycles. The van der Waals surface area contributed by atoms with Crippen molar-refractivity contribution in [3.05, 3.63) is 84.7 Å². The Morgan fingerprint density at radius 1 is 0.708 bits per heavy atom. The molecule has 0 radical (unpaired) electrons. The Morgan fingerprint density at radius 2 is 1.12 bits per heavy atom. The normalized spacial score (nSPS) is 16.7. The van der Waals surface area contributed by atoms with Crippen LogP contribution in [0.1, 0.15) is 13.7 Å². The first-order chi connectivity index (χ1) is 15.8. The zero-order chi connectivity index (χ0) is 25.5. The summed E-state index contributed by atoms with van der Waals surface area (Å²) in [6, 6.07) is -3.70. The number of phenolic OH excluding ortho intramolecular Hbond substituents is 1. The molecule has 24 heavy (non-hydrogen) atoms. The van der Waals surface area contributed by atoms with E-state index in [2.05, 4.69) is 0 Å².